The summed E-state index contributed by atoms with van der Waals surface area (Å²) in [6.45, 7) is 31.9. The van der Waals surface area contributed by atoms with E-state index in [1.165, 1.54) is 19.5 Å². The van der Waals surface area contributed by atoms with Crippen LogP contribution in [0.25, 0.3) is 101 Å². The fraction of sp³-hybridized carbons (Fsp3) is 0.275. The lowest BCUT2D eigenvalue weighted by Gasteiger charge is -2.31. The normalized spacial score (nSPS) is 13.9. The predicted molar refractivity (Wildman–Crippen MR) is 560 cm³/mol. The highest BCUT2D eigenvalue weighted by Crippen LogP contribution is 2.47. The van der Waals surface area contributed by atoms with E-state index in [1.807, 2.05) is 84.9 Å². The van der Waals surface area contributed by atoms with Crippen molar-refractivity contribution in [1.82, 2.24) is 125 Å². The van der Waals surface area contributed by atoms with Crippen LogP contribution in [0.1, 0.15) is 191 Å². The molecule has 1 aliphatic rings. The number of halogens is 1. The Labute approximate surface area is 858 Å². The third-order valence-corrected chi connectivity index (χ3v) is 28.2. The first-order valence-corrected chi connectivity index (χ1v) is 48.3. The highest BCUT2D eigenvalue weighted by molar-refractivity contribution is 6.29. The lowest BCUT2D eigenvalue weighted by Crippen LogP contribution is -2.31. The van der Waals surface area contributed by atoms with Crippen LogP contribution in [0.4, 0.5) is 29.6 Å². The standard InChI is InChI=1S/C24H25N5O2.C22H21ClN6O.C22H23N7O2.C21H21N7O2.C20H23N5O/c1-15(2)24(3,23-28-22(31-29-23)17-5-4-10-26-12-17)20-8-6-16(7-9-20)18-11-19(14-30)21(25)27-13-18;1-13(2)22(3,20-28-19(30-29-20)15-6-9-18(23)25-10-15)17-7-4-14(5-8-17)16-11-26-21(24)27-12-16;1-13(2)22(3,17-7-5-14(6-8-17)15-9-24-20(23)25-10-15)19-28-18(31-29-19)16-11-26-21(30-4)27-12-16;1-12(2)21(3,18-27-17(30-28-18)15-10-25-20(29)26-11-15)16-6-4-13(5-7-16)14-8-23-19(22)24-9-14;1-12(2)20(3,18-24-17(26-25-18)14-4-5-14)16-8-6-13(7-9-16)15-10-22-19(21)23-11-15/h4-13,15,30H,14H2,1-3H3,(H2,25,27);4-13H,1-3H3,(H2,24,26,27);5-13H,1-4H3,(H2,23,24,25);4-12H,1-3H3,(H2,22,23,24)(H,25,26,29);6-12,14H,4-5H2,1-3H3,(H2,21,22,23). The van der Waals surface area contributed by atoms with Crippen molar-refractivity contribution in [1.29, 1.82) is 0 Å². The Balaban J connectivity index is 0.000000132. The molecule has 20 rings (SSSR count). The number of H-pyrrole nitrogens is 1. The minimum atomic E-state index is -0.493. The molecule has 0 radical (unpaired) electrons. The van der Waals surface area contributed by atoms with Gasteiger partial charge in [-0.1, -0.05) is 228 Å². The van der Waals surface area contributed by atoms with E-state index in [4.69, 9.17) is 77.6 Å². The number of nitrogen functional groups attached to an aromatic ring is 5. The number of hydrogen-bond acceptors (Lipinski definition) is 37. The van der Waals surface area contributed by atoms with Gasteiger partial charge < -0.3 is 66.1 Å². The van der Waals surface area contributed by atoms with E-state index >= 15 is 0 Å². The summed E-state index contributed by atoms with van der Waals surface area (Å²) in [7, 11) is 1.51. The molecule has 1 saturated carbocycles. The Morgan fingerprint density at radius 1 is 0.351 bits per heavy atom. The number of ether oxygens (including phenoxy) is 1. The summed E-state index contributed by atoms with van der Waals surface area (Å²) in [5, 5.41) is 31.3. The molecule has 754 valence electrons. The minimum absolute atomic E-state index is 0.146. The van der Waals surface area contributed by atoms with Gasteiger partial charge in [0.1, 0.15) is 11.0 Å². The van der Waals surface area contributed by atoms with Crippen molar-refractivity contribution in [2.75, 3.05) is 35.8 Å². The van der Waals surface area contributed by atoms with E-state index in [1.54, 1.807) is 92.8 Å². The summed E-state index contributed by atoms with van der Waals surface area (Å²) in [5.74, 6) is 8.45. The largest absolute Gasteiger partial charge is 0.467 e. The lowest BCUT2D eigenvalue weighted by atomic mass is 9.72. The van der Waals surface area contributed by atoms with Crippen molar-refractivity contribution in [3.8, 4) is 107 Å². The number of benzene rings is 5. The number of pyridine rings is 3. The third kappa shape index (κ3) is 22.4. The smallest absolute Gasteiger partial charge is 0.344 e. The third-order valence-electron chi connectivity index (χ3n) is 28.0. The molecule has 148 heavy (non-hydrogen) atoms. The average Bonchev–Trinajstić information content (AvgIpc) is 1.61. The van der Waals surface area contributed by atoms with Gasteiger partial charge in [0.05, 0.1) is 63.0 Å². The van der Waals surface area contributed by atoms with E-state index in [-0.39, 0.29) is 65.5 Å². The maximum Gasteiger partial charge on any atom is 0.344 e. The number of aromatic amines is 1. The summed E-state index contributed by atoms with van der Waals surface area (Å²) >= 11 is 5.87. The second-order valence-electron chi connectivity index (χ2n) is 38.2. The van der Waals surface area contributed by atoms with Gasteiger partial charge in [0, 0.05) is 138 Å². The average molecular weight is 2010 g/mol. The van der Waals surface area contributed by atoms with Gasteiger partial charge >= 0.3 is 11.7 Å². The first-order valence-electron chi connectivity index (χ1n) is 47.9. The molecule has 14 heterocycles. The van der Waals surface area contributed by atoms with E-state index in [0.717, 1.165) is 119 Å². The molecule has 1 aliphatic carbocycles. The number of methoxy groups -OCH3 is 1. The van der Waals surface area contributed by atoms with E-state index < -0.39 is 27.3 Å². The first kappa shape index (κ1) is 103. The monoisotopic (exact) mass is 2000 g/mol. The number of aromatic nitrogens is 25. The molecule has 5 unspecified atom stereocenters. The number of nitrogens with two attached hydrogens (primary N) is 5. The molecule has 39 heteroatoms. The summed E-state index contributed by atoms with van der Waals surface area (Å²) in [4.78, 5) is 93.8. The molecule has 38 nitrogen and oxygen atoms in total. The topological polar surface area (TPSA) is 567 Å². The molecule has 19 aromatic rings. The van der Waals surface area contributed by atoms with Crippen molar-refractivity contribution in [2.24, 2.45) is 29.6 Å². The molecule has 12 N–H and O–H groups in total. The van der Waals surface area contributed by atoms with Crippen LogP contribution in [0.15, 0.2) is 278 Å². The minimum Gasteiger partial charge on any atom is -0.467 e. The SMILES string of the molecule is CC(C)C(C)(c1ccc(-c2cnc(N)c(CO)c2)cc1)c1noc(-c2cccnc2)n1.CC(C)C(C)(c1ccc(-c2cnc(N)nc2)cc1)c1noc(-c2ccc(Cl)nc2)n1.CC(C)C(C)(c1ccc(-c2cnc(N)nc2)cc1)c1noc(-c2cnc(=O)[nH]c2)n1.CC(C)C(C)(c1ccc(-c2cnc(N)nc2)cc1)c1noc(C2CC2)n1.COc1ncc(-c2nc(C(C)(c3ccc(-c4cnc(N)nc4)cc3)C(C)C)no2)cn1. The number of rotatable bonds is 27. The van der Waals surface area contributed by atoms with Gasteiger partial charge in [0.25, 0.3) is 23.6 Å². The van der Waals surface area contributed by atoms with Gasteiger partial charge in [0.2, 0.25) is 29.7 Å². The molecule has 0 aliphatic heterocycles. The van der Waals surface area contributed by atoms with Gasteiger partial charge in [0.15, 0.2) is 29.1 Å². The molecule has 14 aromatic heterocycles. The van der Waals surface area contributed by atoms with Crippen LogP contribution in [-0.2, 0) is 33.7 Å². The van der Waals surface area contributed by atoms with Crippen LogP contribution in [0.3, 0.4) is 0 Å². The number of nitrogens with one attached hydrogen (secondary N) is 1. The summed E-state index contributed by atoms with van der Waals surface area (Å²) in [6, 6.07) is 50.5. The van der Waals surface area contributed by atoms with Crippen LogP contribution in [0.2, 0.25) is 5.15 Å². The number of nitrogens with zero attached hydrogens (tertiary/aromatic N) is 24. The molecular weight excluding hydrogens is 1890 g/mol. The van der Waals surface area contributed by atoms with Crippen LogP contribution in [0, 0.1) is 29.6 Å². The van der Waals surface area contributed by atoms with Crippen LogP contribution in [0.5, 0.6) is 6.01 Å². The summed E-state index contributed by atoms with van der Waals surface area (Å²) in [5.41, 5.74) is 43.8. The quantitative estimate of drug-likeness (QED) is 0.0235. The second kappa shape index (κ2) is 44.4. The van der Waals surface area contributed by atoms with Gasteiger partial charge in [-0.2, -0.15) is 24.9 Å². The van der Waals surface area contributed by atoms with Crippen molar-refractivity contribution < 1.29 is 32.5 Å². The Hall–Kier alpha value is -17.4. The van der Waals surface area contributed by atoms with E-state index in [0.29, 0.717) is 86.4 Å². The van der Waals surface area contributed by atoms with Crippen LogP contribution >= 0.6 is 11.6 Å². The van der Waals surface area contributed by atoms with Gasteiger partial charge in [-0.25, -0.2) is 69.6 Å². The van der Waals surface area contributed by atoms with Crippen molar-refractivity contribution in [2.45, 2.75) is 156 Å². The zero-order valence-electron chi connectivity index (χ0n) is 84.6. The number of hydrogen-bond donors (Lipinski definition) is 7. The molecule has 5 atom stereocenters. The van der Waals surface area contributed by atoms with E-state index in [9.17, 15) is 9.90 Å². The Bertz CT molecular complexity index is 7670. The summed E-state index contributed by atoms with van der Waals surface area (Å²) in [6.07, 6.45) is 28.9. The second-order valence-corrected chi connectivity index (χ2v) is 38.6. The van der Waals surface area contributed by atoms with Gasteiger partial charge in [-0.15, -0.1) is 0 Å². The molecule has 0 bridgehead atoms. The molecule has 0 spiro atoms. The Morgan fingerprint density at radius 3 is 0.953 bits per heavy atom. The lowest BCUT2D eigenvalue weighted by molar-refractivity contribution is 0.282. The highest BCUT2D eigenvalue weighted by Gasteiger charge is 2.44. The fourth-order valence-corrected chi connectivity index (χ4v) is 16.6. The van der Waals surface area contributed by atoms with Crippen molar-refractivity contribution in [3.05, 3.63) is 335 Å². The maximum atomic E-state index is 11.2. The molecule has 0 amide bonds. The molecule has 5 aromatic carbocycles. The van der Waals surface area contributed by atoms with Crippen molar-refractivity contribution in [3.63, 3.8) is 0 Å². The van der Waals surface area contributed by atoms with Gasteiger partial charge in [-0.3, -0.25) is 4.98 Å². The molecule has 0 saturated heterocycles. The van der Waals surface area contributed by atoms with Crippen LogP contribution < -0.4 is 39.1 Å². The number of anilines is 5. The van der Waals surface area contributed by atoms with Crippen molar-refractivity contribution >= 4 is 41.2 Å². The zero-order valence-corrected chi connectivity index (χ0v) is 85.3. The van der Waals surface area contributed by atoms with Gasteiger partial charge in [-0.05, 0) is 163 Å². The van der Waals surface area contributed by atoms with E-state index in [2.05, 4.69) is 280 Å². The fourth-order valence-electron chi connectivity index (χ4n) is 16.5. The molecule has 1 fully saturated rings. The zero-order chi connectivity index (χ0) is 105. The Morgan fingerprint density at radius 2 is 0.649 bits per heavy atom. The highest BCUT2D eigenvalue weighted by atomic mass is 35.5. The maximum absolute atomic E-state index is 11.2. The van der Waals surface area contributed by atoms with Crippen LogP contribution in [-0.4, -0.2) is 138 Å². The Kier molecular flexibility index (Phi) is 31.1. The number of aliphatic hydroxyl groups is 1. The molecular formula is C109H113ClN30O8. The number of aliphatic hydroxyl groups excluding tert-OH is 1. The first-order chi connectivity index (χ1) is 71.1. The summed E-state index contributed by atoms with van der Waals surface area (Å²) < 4.78 is 32.6. The predicted octanol–water partition coefficient (Wildman–Crippen LogP) is 19.3.